The fourth-order valence-electron chi connectivity index (χ4n) is 2.49. The van der Waals surface area contributed by atoms with Crippen molar-refractivity contribution >= 4 is 28.4 Å². The molecule has 1 heterocycles. The van der Waals surface area contributed by atoms with Gasteiger partial charge < -0.3 is 10.3 Å². The van der Waals surface area contributed by atoms with E-state index in [4.69, 9.17) is 0 Å². The van der Waals surface area contributed by atoms with E-state index in [0.717, 1.165) is 18.4 Å². The zero-order chi connectivity index (χ0) is 12.3. The van der Waals surface area contributed by atoms with E-state index >= 15 is 0 Å². The van der Waals surface area contributed by atoms with Crippen molar-refractivity contribution in [2.75, 3.05) is 11.9 Å². The maximum absolute atomic E-state index is 11.4. The molecule has 1 aliphatic rings. The summed E-state index contributed by atoms with van der Waals surface area (Å²) in [5.41, 5.74) is -0.0693. The summed E-state index contributed by atoms with van der Waals surface area (Å²) in [4.78, 5) is 18.1. The van der Waals surface area contributed by atoms with Crippen molar-refractivity contribution in [1.82, 2.24) is 9.97 Å². The van der Waals surface area contributed by atoms with Gasteiger partial charge in [0.1, 0.15) is 9.39 Å². The van der Waals surface area contributed by atoms with E-state index in [0.29, 0.717) is 9.39 Å². The molecule has 1 fully saturated rings. The Morgan fingerprint density at radius 1 is 1.59 bits per heavy atom. The first kappa shape index (κ1) is 12.9. The molecule has 1 aromatic heterocycles. The Hall–Kier alpha value is -0.590. The fraction of sp³-hybridized carbons (Fsp3) is 0.667. The third-order valence-electron chi connectivity index (χ3n) is 3.40. The number of nitrogens with zero attached hydrogens (tertiary/aromatic N) is 1. The van der Waals surface area contributed by atoms with Gasteiger partial charge in [-0.3, -0.25) is 4.79 Å². The van der Waals surface area contributed by atoms with Crippen LogP contribution in [0.3, 0.4) is 0 Å². The van der Waals surface area contributed by atoms with E-state index in [1.54, 1.807) is 0 Å². The molecule has 0 bridgehead atoms. The second kappa shape index (κ2) is 5.84. The Morgan fingerprint density at radius 3 is 3.18 bits per heavy atom. The van der Waals surface area contributed by atoms with E-state index in [1.807, 2.05) is 22.6 Å². The first-order valence-electron chi connectivity index (χ1n) is 6.14. The Balaban J connectivity index is 1.93. The van der Waals surface area contributed by atoms with Crippen LogP contribution in [0, 0.1) is 15.4 Å². The summed E-state index contributed by atoms with van der Waals surface area (Å²) >= 11 is 2.03. The van der Waals surface area contributed by atoms with E-state index in [1.165, 1.54) is 32.0 Å². The van der Waals surface area contributed by atoms with Gasteiger partial charge in [0.2, 0.25) is 0 Å². The van der Waals surface area contributed by atoms with Gasteiger partial charge in [-0.05, 0) is 47.3 Å². The molecule has 0 aliphatic heterocycles. The number of nitrogens with one attached hydrogen (secondary N) is 2. The van der Waals surface area contributed by atoms with Crippen LogP contribution in [0.1, 0.15) is 32.6 Å². The molecule has 94 valence electrons. The van der Waals surface area contributed by atoms with Crippen molar-refractivity contribution in [2.45, 2.75) is 32.6 Å². The highest BCUT2D eigenvalue weighted by Crippen LogP contribution is 2.28. The molecular formula is C12H18IN3O. The summed E-state index contributed by atoms with van der Waals surface area (Å²) in [6.45, 7) is 3.25. The summed E-state index contributed by atoms with van der Waals surface area (Å²) in [6.07, 6.45) is 6.71. The summed E-state index contributed by atoms with van der Waals surface area (Å²) in [7, 11) is 0. The molecule has 1 saturated carbocycles. The Morgan fingerprint density at radius 2 is 2.41 bits per heavy atom. The van der Waals surface area contributed by atoms with Gasteiger partial charge in [0, 0.05) is 6.54 Å². The molecule has 0 spiro atoms. The predicted octanol–water partition coefficient (Wildman–Crippen LogP) is 2.61. The van der Waals surface area contributed by atoms with Gasteiger partial charge in [-0.2, -0.15) is 0 Å². The molecule has 2 rings (SSSR count). The summed E-state index contributed by atoms with van der Waals surface area (Å²) in [5.74, 6) is 2.27. The largest absolute Gasteiger partial charge is 0.369 e. The minimum absolute atomic E-state index is 0.0693. The van der Waals surface area contributed by atoms with Crippen LogP contribution in [0.4, 0.5) is 5.82 Å². The van der Waals surface area contributed by atoms with Crippen molar-refractivity contribution < 1.29 is 0 Å². The Bertz CT molecular complexity index is 432. The van der Waals surface area contributed by atoms with Crippen LogP contribution < -0.4 is 10.9 Å². The minimum atomic E-state index is -0.0693. The van der Waals surface area contributed by atoms with Crippen molar-refractivity contribution in [2.24, 2.45) is 11.8 Å². The molecular weight excluding hydrogens is 329 g/mol. The van der Waals surface area contributed by atoms with Crippen molar-refractivity contribution in [3.8, 4) is 0 Å². The second-order valence-corrected chi connectivity index (χ2v) is 5.99. The zero-order valence-electron chi connectivity index (χ0n) is 10.0. The molecule has 5 heteroatoms. The van der Waals surface area contributed by atoms with E-state index < -0.39 is 0 Å². The number of aromatic nitrogens is 2. The molecule has 17 heavy (non-hydrogen) atoms. The molecule has 0 saturated heterocycles. The number of hydrogen-bond acceptors (Lipinski definition) is 3. The van der Waals surface area contributed by atoms with Crippen LogP contribution >= 0.6 is 22.6 Å². The lowest BCUT2D eigenvalue weighted by atomic mass is 9.82. The van der Waals surface area contributed by atoms with Gasteiger partial charge in [0.05, 0.1) is 6.33 Å². The van der Waals surface area contributed by atoms with Crippen molar-refractivity contribution in [3.05, 3.63) is 20.3 Å². The third kappa shape index (κ3) is 3.43. The molecule has 0 amide bonds. The third-order valence-corrected chi connectivity index (χ3v) is 4.40. The molecule has 1 aliphatic carbocycles. The normalized spacial score (nSPS) is 24.6. The number of aromatic amines is 1. The average Bonchev–Trinajstić information content (AvgIpc) is 2.31. The van der Waals surface area contributed by atoms with Gasteiger partial charge in [0.25, 0.3) is 5.56 Å². The van der Waals surface area contributed by atoms with E-state index in [-0.39, 0.29) is 5.56 Å². The number of H-pyrrole nitrogens is 1. The number of anilines is 1. The lowest BCUT2D eigenvalue weighted by molar-refractivity contribution is 0.293. The summed E-state index contributed by atoms with van der Waals surface area (Å²) < 4.78 is 0.647. The van der Waals surface area contributed by atoms with Crippen LogP contribution in [-0.4, -0.2) is 16.5 Å². The van der Waals surface area contributed by atoms with Crippen LogP contribution in [0.15, 0.2) is 11.1 Å². The summed E-state index contributed by atoms with van der Waals surface area (Å²) in [6, 6.07) is 0. The second-order valence-electron chi connectivity index (χ2n) is 4.91. The van der Waals surface area contributed by atoms with Gasteiger partial charge in [-0.1, -0.05) is 19.8 Å². The predicted molar refractivity (Wildman–Crippen MR) is 77.2 cm³/mol. The molecule has 4 nitrogen and oxygen atoms in total. The maximum atomic E-state index is 11.4. The van der Waals surface area contributed by atoms with Gasteiger partial charge in [-0.25, -0.2) is 4.98 Å². The van der Waals surface area contributed by atoms with Crippen LogP contribution in [0.25, 0.3) is 0 Å². The zero-order valence-corrected chi connectivity index (χ0v) is 12.2. The number of hydrogen-bond donors (Lipinski definition) is 2. The smallest absolute Gasteiger partial charge is 0.266 e. The molecule has 1 aromatic rings. The molecule has 2 unspecified atom stereocenters. The minimum Gasteiger partial charge on any atom is -0.369 e. The summed E-state index contributed by atoms with van der Waals surface area (Å²) in [5, 5.41) is 3.31. The van der Waals surface area contributed by atoms with Gasteiger partial charge in [-0.15, -0.1) is 0 Å². The lowest BCUT2D eigenvalue weighted by Gasteiger charge is -2.26. The molecule has 2 atom stereocenters. The monoisotopic (exact) mass is 347 g/mol. The van der Waals surface area contributed by atoms with Crippen LogP contribution in [0.2, 0.25) is 0 Å². The quantitative estimate of drug-likeness (QED) is 0.827. The molecule has 2 N–H and O–H groups in total. The first-order chi connectivity index (χ1) is 8.16. The van der Waals surface area contributed by atoms with Gasteiger partial charge in [0.15, 0.2) is 0 Å². The number of rotatable bonds is 3. The topological polar surface area (TPSA) is 57.8 Å². The van der Waals surface area contributed by atoms with E-state index in [9.17, 15) is 4.79 Å². The first-order valence-corrected chi connectivity index (χ1v) is 7.21. The maximum Gasteiger partial charge on any atom is 0.266 e. The van der Waals surface area contributed by atoms with Crippen LogP contribution in [0.5, 0.6) is 0 Å². The lowest BCUT2D eigenvalue weighted by Crippen LogP contribution is -2.23. The highest BCUT2D eigenvalue weighted by molar-refractivity contribution is 14.1. The standard InChI is InChI=1S/C12H18IN3O/c1-8-3-2-4-9(5-8)6-14-11-10(13)12(17)16-7-15-11/h7-9H,2-6H2,1H3,(H2,14,15,16,17). The van der Waals surface area contributed by atoms with Crippen LogP contribution in [-0.2, 0) is 0 Å². The van der Waals surface area contributed by atoms with E-state index in [2.05, 4.69) is 22.2 Å². The SMILES string of the molecule is CC1CCCC(CNc2nc[nH]c(=O)c2I)C1. The number of halogens is 1. The molecule has 0 aromatic carbocycles. The highest BCUT2D eigenvalue weighted by Gasteiger charge is 2.19. The Labute approximate surface area is 115 Å². The highest BCUT2D eigenvalue weighted by atomic mass is 127. The van der Waals surface area contributed by atoms with Crippen molar-refractivity contribution in [1.29, 1.82) is 0 Å². The molecule has 0 radical (unpaired) electrons. The van der Waals surface area contributed by atoms with Gasteiger partial charge >= 0.3 is 0 Å². The van der Waals surface area contributed by atoms with Crippen molar-refractivity contribution in [3.63, 3.8) is 0 Å². The Kier molecular flexibility index (Phi) is 4.42. The fourth-order valence-corrected chi connectivity index (χ4v) is 2.98. The average molecular weight is 347 g/mol.